The van der Waals surface area contributed by atoms with Crippen LogP contribution < -0.4 is 10.3 Å². The summed E-state index contributed by atoms with van der Waals surface area (Å²) in [5.41, 5.74) is 6.79. The van der Waals surface area contributed by atoms with Gasteiger partial charge >= 0.3 is 23.5 Å². The molecule has 49 heavy (non-hydrogen) atoms. The SMILES string of the molecule is CC1(C)C2=C(Cl)C(=O)C(Cl)=CC2=Nc2ccc(OP(=O)(O)OP(=O)(O)OP(=O)(O)OC[C@@H]3O[C@H](n4cnc5c(N)ncnc54)CC3O)cc21. The highest BCUT2D eigenvalue weighted by molar-refractivity contribution is 7.67. The van der Waals surface area contributed by atoms with Gasteiger partial charge in [0.1, 0.15) is 29.9 Å². The van der Waals surface area contributed by atoms with Crippen LogP contribution in [0, 0.1) is 0 Å². The van der Waals surface area contributed by atoms with E-state index in [1.54, 1.807) is 13.8 Å². The smallest absolute Gasteiger partial charge is 0.404 e. The van der Waals surface area contributed by atoms with Crippen LogP contribution in [0.25, 0.3) is 11.2 Å². The average Bonchev–Trinajstić information content (AvgIpc) is 3.57. The predicted molar refractivity (Wildman–Crippen MR) is 171 cm³/mol. The number of nitrogens with zero attached hydrogens (tertiary/aromatic N) is 5. The Morgan fingerprint density at radius 3 is 2.53 bits per heavy atom. The van der Waals surface area contributed by atoms with Crippen LogP contribution in [0.3, 0.4) is 0 Å². The minimum Gasteiger partial charge on any atom is -0.404 e. The zero-order valence-corrected chi connectivity index (χ0v) is 29.2. The number of anilines is 1. The molecule has 2 aromatic heterocycles. The van der Waals surface area contributed by atoms with Crippen LogP contribution >= 0.6 is 46.7 Å². The van der Waals surface area contributed by atoms with Gasteiger partial charge in [0.05, 0.1) is 40.5 Å². The molecule has 262 valence electrons. The number of carbonyl (C=O) groups is 1. The number of aliphatic hydroxyl groups excluding tert-OH is 1. The van der Waals surface area contributed by atoms with Crippen LogP contribution in [0.1, 0.15) is 32.1 Å². The first-order valence-corrected chi connectivity index (χ1v) is 19.1. The normalized spacial score (nSPS) is 25.5. The van der Waals surface area contributed by atoms with E-state index in [2.05, 4.69) is 28.6 Å². The number of aliphatic imine (C=N–C) groups is 1. The van der Waals surface area contributed by atoms with Crippen molar-refractivity contribution in [3.63, 3.8) is 0 Å². The molecule has 6 atom stereocenters. The monoisotopic (exact) mass is 780 g/mol. The summed E-state index contributed by atoms with van der Waals surface area (Å²) >= 11 is 12.3. The van der Waals surface area contributed by atoms with E-state index in [0.717, 1.165) is 0 Å². The molecular formula is C25H25Cl2N6O13P3. The fourth-order valence-electron chi connectivity index (χ4n) is 5.44. The molecular weight excluding hydrogens is 756 g/mol. The maximum atomic E-state index is 12.7. The van der Waals surface area contributed by atoms with E-state index in [1.807, 2.05) is 0 Å². The number of phosphoric ester groups is 2. The molecule has 3 aromatic rings. The maximum Gasteiger partial charge on any atom is 0.536 e. The predicted octanol–water partition coefficient (Wildman–Crippen LogP) is 4.05. The number of aliphatic hydroxyl groups is 1. The molecule has 0 spiro atoms. The topological polar surface area (TPSA) is 277 Å². The van der Waals surface area contributed by atoms with Crippen LogP contribution in [-0.2, 0) is 41.8 Å². The highest BCUT2D eigenvalue weighted by Crippen LogP contribution is 2.67. The Bertz CT molecular complexity index is 2140. The second kappa shape index (κ2) is 12.7. The van der Waals surface area contributed by atoms with Crippen molar-refractivity contribution in [3.8, 4) is 5.75 Å². The molecule has 0 bridgehead atoms. The van der Waals surface area contributed by atoms with Gasteiger partial charge in [-0.15, -0.1) is 0 Å². The molecule has 1 saturated heterocycles. The van der Waals surface area contributed by atoms with Crippen molar-refractivity contribution in [2.75, 3.05) is 12.3 Å². The van der Waals surface area contributed by atoms with Crippen molar-refractivity contribution in [3.05, 3.63) is 58.1 Å². The van der Waals surface area contributed by atoms with Crippen molar-refractivity contribution in [2.24, 2.45) is 4.99 Å². The standard InChI is InChI=1S/C25H25Cl2N6O13P3/c1-25(2)12-5-11(3-4-14(12)32-15-6-13(26)22(35)20(27)19(15)25)44-48(38,39)46-49(40,41)45-47(36,37)42-8-17-16(34)7-18(43-17)33-10-31-21-23(28)29-9-30-24(21)33/h3-6,9-10,16-18,34H,7-8H2,1-2H3,(H,36,37)(H,38,39)(H,40,41)(H2,28,29,30)/t16?,17-,18-/m0/s1. The van der Waals surface area contributed by atoms with E-state index < -0.39 is 59.7 Å². The molecule has 6 rings (SSSR count). The average molecular weight is 781 g/mol. The first-order valence-electron chi connectivity index (χ1n) is 13.8. The quantitative estimate of drug-likeness (QED) is 0.143. The van der Waals surface area contributed by atoms with Crippen molar-refractivity contribution in [1.29, 1.82) is 0 Å². The molecule has 1 aliphatic carbocycles. The molecule has 2 aliphatic heterocycles. The summed E-state index contributed by atoms with van der Waals surface area (Å²) < 4.78 is 63.0. The summed E-state index contributed by atoms with van der Waals surface area (Å²) in [5.74, 6) is -0.854. The number of ether oxygens (including phenoxy) is 1. The fourth-order valence-corrected chi connectivity index (χ4v) is 9.63. The molecule has 1 aromatic carbocycles. The second-order valence-corrected chi connectivity index (χ2v) is 16.6. The van der Waals surface area contributed by atoms with Gasteiger partial charge < -0.3 is 29.9 Å². The molecule has 0 radical (unpaired) electrons. The number of nitrogens with two attached hydrogens (primary N) is 1. The Balaban J connectivity index is 1.10. The molecule has 6 N–H and O–H groups in total. The number of fused-ring (bicyclic) bond motifs is 3. The van der Waals surface area contributed by atoms with E-state index in [0.29, 0.717) is 28.2 Å². The summed E-state index contributed by atoms with van der Waals surface area (Å²) in [5, 5.41) is 10.1. The Labute approximate surface area is 285 Å². The van der Waals surface area contributed by atoms with Crippen LogP contribution in [0.2, 0.25) is 0 Å². The number of nitrogen functional groups attached to an aromatic ring is 1. The summed E-state index contributed by atoms with van der Waals surface area (Å²) in [6, 6.07) is 3.86. The first-order chi connectivity index (χ1) is 22.8. The van der Waals surface area contributed by atoms with Gasteiger partial charge in [-0.25, -0.2) is 33.6 Å². The molecule has 3 aliphatic rings. The first kappa shape index (κ1) is 35.9. The third-order valence-corrected chi connectivity index (χ3v) is 12.5. The van der Waals surface area contributed by atoms with Gasteiger partial charge in [-0.1, -0.05) is 37.0 Å². The zero-order valence-electron chi connectivity index (χ0n) is 25.0. The molecule has 4 heterocycles. The summed E-state index contributed by atoms with van der Waals surface area (Å²) in [4.78, 5) is 59.3. The van der Waals surface area contributed by atoms with Gasteiger partial charge in [0, 0.05) is 17.4 Å². The van der Waals surface area contributed by atoms with Crippen LogP contribution in [0.5, 0.6) is 5.75 Å². The number of rotatable bonds is 10. The number of halogens is 2. The third kappa shape index (κ3) is 7.18. The minimum atomic E-state index is -5.84. The lowest BCUT2D eigenvalue weighted by atomic mass is 9.71. The van der Waals surface area contributed by atoms with Gasteiger partial charge in [-0.05, 0) is 29.8 Å². The third-order valence-electron chi connectivity index (χ3n) is 7.60. The second-order valence-electron chi connectivity index (χ2n) is 11.3. The highest BCUT2D eigenvalue weighted by atomic mass is 35.5. The summed E-state index contributed by atoms with van der Waals surface area (Å²) in [6.07, 6.45) is 0.541. The number of carbonyl (C=O) groups excluding carboxylic acids is 1. The van der Waals surface area contributed by atoms with Crippen LogP contribution in [0.15, 0.2) is 57.6 Å². The van der Waals surface area contributed by atoms with Crippen LogP contribution in [0.4, 0.5) is 11.5 Å². The Kier molecular flexibility index (Phi) is 9.33. The summed E-state index contributed by atoms with van der Waals surface area (Å²) in [6.45, 7) is 2.57. The van der Waals surface area contributed by atoms with Gasteiger partial charge in [0.25, 0.3) is 0 Å². The van der Waals surface area contributed by atoms with Gasteiger partial charge in [0.2, 0.25) is 5.78 Å². The number of Topliss-reactive ketones (excluding diaryl/α,β-unsaturated/α-hetero) is 1. The number of hydrogen-bond donors (Lipinski definition) is 5. The fraction of sp³-hybridized carbons (Fsp3) is 0.320. The molecule has 4 unspecified atom stereocenters. The highest BCUT2D eigenvalue weighted by Gasteiger charge is 2.45. The Morgan fingerprint density at radius 2 is 1.80 bits per heavy atom. The Hall–Kier alpha value is -2.86. The number of phosphoric acid groups is 3. The van der Waals surface area contributed by atoms with Crippen molar-refractivity contribution in [2.45, 2.75) is 44.1 Å². The van der Waals surface area contributed by atoms with E-state index in [9.17, 15) is 38.3 Å². The van der Waals surface area contributed by atoms with Crippen molar-refractivity contribution >= 4 is 80.8 Å². The molecule has 0 amide bonds. The van der Waals surface area contributed by atoms with E-state index in [4.69, 9.17) is 42.7 Å². The Morgan fingerprint density at radius 1 is 1.08 bits per heavy atom. The van der Waals surface area contributed by atoms with Gasteiger partial charge in [0.15, 0.2) is 11.5 Å². The number of allylic oxidation sites excluding steroid dienone is 4. The van der Waals surface area contributed by atoms with Crippen molar-refractivity contribution < 1.29 is 60.7 Å². The van der Waals surface area contributed by atoms with Gasteiger partial charge in [-0.3, -0.25) is 18.8 Å². The van der Waals surface area contributed by atoms with Crippen molar-refractivity contribution in [1.82, 2.24) is 19.5 Å². The number of ketones is 1. The molecule has 19 nitrogen and oxygen atoms in total. The molecule has 0 saturated carbocycles. The lowest BCUT2D eigenvalue weighted by Crippen LogP contribution is -2.32. The zero-order chi connectivity index (χ0) is 35.7. The lowest BCUT2D eigenvalue weighted by molar-refractivity contribution is -0.111. The number of benzene rings is 1. The van der Waals surface area contributed by atoms with E-state index >= 15 is 0 Å². The number of hydrogen-bond acceptors (Lipinski definition) is 15. The maximum absolute atomic E-state index is 12.7. The summed E-state index contributed by atoms with van der Waals surface area (Å²) in [7, 11) is -16.9. The number of aromatic nitrogens is 4. The van der Waals surface area contributed by atoms with E-state index in [-0.39, 0.29) is 33.6 Å². The molecule has 1 fully saturated rings. The van der Waals surface area contributed by atoms with Gasteiger partial charge in [-0.2, -0.15) is 8.62 Å². The largest absolute Gasteiger partial charge is 0.536 e. The van der Waals surface area contributed by atoms with E-state index in [1.165, 1.54) is 41.5 Å². The van der Waals surface area contributed by atoms with Crippen LogP contribution in [-0.4, -0.2) is 69.6 Å². The molecule has 24 heteroatoms. The number of imidazole rings is 1. The lowest BCUT2D eigenvalue weighted by Gasteiger charge is -2.36. The minimum absolute atomic E-state index is 0.0336.